The predicted octanol–water partition coefficient (Wildman–Crippen LogP) is -0.544. The maximum atomic E-state index is 3.77. The van der Waals surface area contributed by atoms with Gasteiger partial charge in [0.2, 0.25) is 0 Å². The molecule has 0 N–H and O–H groups in total. The summed E-state index contributed by atoms with van der Waals surface area (Å²) in [6.07, 6.45) is 1.55. The highest BCUT2D eigenvalue weighted by atomic mass is 28.1. The minimum Gasteiger partial charge on any atom is -0.201 e. The highest BCUT2D eigenvalue weighted by Gasteiger charge is 1.99. The molecule has 0 bridgehead atoms. The van der Waals surface area contributed by atoms with Gasteiger partial charge in [-0.05, 0) is 21.7 Å². The van der Waals surface area contributed by atoms with Gasteiger partial charge >= 0.3 is 0 Å². The topological polar surface area (TPSA) is 43.6 Å². The Bertz CT molecular complexity index is 371. The molecular formula is C7H5N4Si. The van der Waals surface area contributed by atoms with Crippen LogP contribution in [0, 0.1) is 0 Å². The van der Waals surface area contributed by atoms with E-state index in [4.69, 9.17) is 0 Å². The standard InChI is InChI=1S/C7H5N4Si/c12-7-4-2-1-3-6(7)11-5-8-9-10-11/h1-5H. The molecule has 5 heteroatoms. The summed E-state index contributed by atoms with van der Waals surface area (Å²) < 4.78 is 1.60. The third-order valence-electron chi connectivity index (χ3n) is 1.50. The van der Waals surface area contributed by atoms with Crippen molar-refractivity contribution in [1.82, 2.24) is 20.2 Å². The lowest BCUT2D eigenvalue weighted by atomic mass is 10.3. The van der Waals surface area contributed by atoms with E-state index in [1.807, 2.05) is 24.3 Å². The van der Waals surface area contributed by atoms with Crippen LogP contribution >= 0.6 is 0 Å². The number of hydrogen-bond acceptors (Lipinski definition) is 3. The van der Waals surface area contributed by atoms with Crippen molar-refractivity contribution in [1.29, 1.82) is 0 Å². The van der Waals surface area contributed by atoms with Gasteiger partial charge in [0, 0.05) is 0 Å². The molecule has 2 aromatic rings. The number of tetrazole rings is 1. The maximum Gasteiger partial charge on any atom is 0.143 e. The van der Waals surface area contributed by atoms with E-state index in [-0.39, 0.29) is 0 Å². The minimum absolute atomic E-state index is 0.930. The summed E-state index contributed by atoms with van der Waals surface area (Å²) in [5.41, 5.74) is 0.930. The number of benzene rings is 1. The van der Waals surface area contributed by atoms with E-state index < -0.39 is 0 Å². The first-order valence-electron chi connectivity index (χ1n) is 3.42. The van der Waals surface area contributed by atoms with Gasteiger partial charge in [0.1, 0.15) is 6.33 Å². The molecule has 0 saturated heterocycles. The highest BCUT2D eigenvalue weighted by Crippen LogP contribution is 1.98. The lowest BCUT2D eigenvalue weighted by Gasteiger charge is -2.01. The van der Waals surface area contributed by atoms with Crippen molar-refractivity contribution in [2.45, 2.75) is 0 Å². The summed E-state index contributed by atoms with van der Waals surface area (Å²) in [7, 11) is 3.45. The molecule has 0 spiro atoms. The molecule has 1 aromatic heterocycles. The van der Waals surface area contributed by atoms with Gasteiger partial charge < -0.3 is 0 Å². The Morgan fingerprint density at radius 2 is 2.08 bits per heavy atom. The SMILES string of the molecule is [Si]c1ccccc1-n1cnnn1. The number of rotatable bonds is 1. The fourth-order valence-corrected chi connectivity index (χ4v) is 1.24. The summed E-state index contributed by atoms with van der Waals surface area (Å²) in [6, 6.07) is 7.74. The first-order valence-corrected chi connectivity index (χ1v) is 3.92. The molecule has 1 heterocycles. The van der Waals surface area contributed by atoms with Crippen LogP contribution in [0.25, 0.3) is 5.69 Å². The molecule has 0 aliphatic carbocycles. The van der Waals surface area contributed by atoms with E-state index in [0.29, 0.717) is 0 Å². The smallest absolute Gasteiger partial charge is 0.143 e. The van der Waals surface area contributed by atoms with Gasteiger partial charge in [0.25, 0.3) is 0 Å². The third kappa shape index (κ3) is 1.14. The Kier molecular flexibility index (Phi) is 1.71. The van der Waals surface area contributed by atoms with Gasteiger partial charge in [-0.2, -0.15) is 0 Å². The van der Waals surface area contributed by atoms with E-state index >= 15 is 0 Å². The molecule has 4 nitrogen and oxygen atoms in total. The third-order valence-corrected chi connectivity index (χ3v) is 1.92. The summed E-state index contributed by atoms with van der Waals surface area (Å²) in [5.74, 6) is 0. The fraction of sp³-hybridized carbons (Fsp3) is 0. The first-order chi connectivity index (χ1) is 5.88. The quantitative estimate of drug-likeness (QED) is 0.544. The Morgan fingerprint density at radius 3 is 2.75 bits per heavy atom. The van der Waals surface area contributed by atoms with Crippen LogP contribution < -0.4 is 5.19 Å². The zero-order valence-corrected chi connectivity index (χ0v) is 7.18. The Balaban J connectivity index is 2.55. The van der Waals surface area contributed by atoms with Crippen LogP contribution in [0.2, 0.25) is 0 Å². The Morgan fingerprint density at radius 1 is 1.25 bits per heavy atom. The molecule has 0 unspecified atom stereocenters. The zero-order valence-electron chi connectivity index (χ0n) is 6.18. The number of hydrogen-bond donors (Lipinski definition) is 0. The van der Waals surface area contributed by atoms with Crippen molar-refractivity contribution < 1.29 is 0 Å². The van der Waals surface area contributed by atoms with Crippen molar-refractivity contribution in [3.63, 3.8) is 0 Å². The number of nitrogens with zero attached hydrogens (tertiary/aromatic N) is 4. The van der Waals surface area contributed by atoms with Crippen LogP contribution in [-0.2, 0) is 0 Å². The highest BCUT2D eigenvalue weighted by molar-refractivity contribution is 6.34. The number of aromatic nitrogens is 4. The summed E-state index contributed by atoms with van der Waals surface area (Å²) in [4.78, 5) is 0. The lowest BCUT2D eigenvalue weighted by Crippen LogP contribution is -2.12. The van der Waals surface area contributed by atoms with Crippen LogP contribution in [0.4, 0.5) is 0 Å². The normalized spacial score (nSPS) is 10.1. The summed E-state index contributed by atoms with van der Waals surface area (Å²) >= 11 is 0. The van der Waals surface area contributed by atoms with E-state index in [1.165, 1.54) is 0 Å². The van der Waals surface area contributed by atoms with Crippen molar-refractivity contribution in [3.8, 4) is 5.69 Å². The van der Waals surface area contributed by atoms with E-state index in [0.717, 1.165) is 10.9 Å². The molecule has 57 valence electrons. The maximum absolute atomic E-state index is 3.77. The van der Waals surface area contributed by atoms with Gasteiger partial charge in [-0.15, -0.1) is 5.10 Å². The molecule has 0 amide bonds. The molecule has 0 fully saturated rings. The lowest BCUT2D eigenvalue weighted by molar-refractivity contribution is 0.792. The molecule has 0 atom stereocenters. The van der Waals surface area contributed by atoms with Crippen LogP contribution in [0.15, 0.2) is 30.6 Å². The summed E-state index contributed by atoms with van der Waals surface area (Å²) in [5, 5.41) is 11.8. The number of para-hydroxylation sites is 1. The van der Waals surface area contributed by atoms with Crippen LogP contribution in [0.5, 0.6) is 0 Å². The average Bonchev–Trinajstić information content (AvgIpc) is 2.57. The van der Waals surface area contributed by atoms with E-state index in [1.54, 1.807) is 11.0 Å². The molecule has 3 radical (unpaired) electrons. The van der Waals surface area contributed by atoms with Gasteiger partial charge in [-0.3, -0.25) is 0 Å². The van der Waals surface area contributed by atoms with Crippen LogP contribution in [-0.4, -0.2) is 30.4 Å². The molecule has 0 aliphatic rings. The first kappa shape index (κ1) is 7.17. The predicted molar refractivity (Wildman–Crippen MR) is 44.5 cm³/mol. The Labute approximate surface area is 72.6 Å². The van der Waals surface area contributed by atoms with Crippen LogP contribution in [0.3, 0.4) is 0 Å². The second-order valence-electron chi connectivity index (χ2n) is 2.27. The molecule has 1 aromatic carbocycles. The zero-order chi connectivity index (χ0) is 8.39. The van der Waals surface area contributed by atoms with Gasteiger partial charge in [-0.1, -0.05) is 18.2 Å². The van der Waals surface area contributed by atoms with Gasteiger partial charge in [-0.25, -0.2) is 4.68 Å². The Hall–Kier alpha value is -1.49. The molecule has 2 rings (SSSR count). The van der Waals surface area contributed by atoms with Crippen molar-refractivity contribution in [2.75, 3.05) is 0 Å². The van der Waals surface area contributed by atoms with Gasteiger partial charge in [0.15, 0.2) is 0 Å². The van der Waals surface area contributed by atoms with Gasteiger partial charge in [0.05, 0.1) is 15.9 Å². The molecular weight excluding hydrogens is 168 g/mol. The second kappa shape index (κ2) is 2.86. The molecule has 12 heavy (non-hydrogen) atoms. The average molecular weight is 173 g/mol. The van der Waals surface area contributed by atoms with E-state index in [2.05, 4.69) is 25.8 Å². The molecule has 0 saturated carbocycles. The largest absolute Gasteiger partial charge is 0.201 e. The molecule has 0 aliphatic heterocycles. The monoisotopic (exact) mass is 173 g/mol. The van der Waals surface area contributed by atoms with Crippen LogP contribution in [0.1, 0.15) is 0 Å². The van der Waals surface area contributed by atoms with Crippen molar-refractivity contribution >= 4 is 15.4 Å². The summed E-state index contributed by atoms with van der Waals surface area (Å²) in [6.45, 7) is 0. The fourth-order valence-electron chi connectivity index (χ4n) is 0.945. The minimum atomic E-state index is 0.930. The van der Waals surface area contributed by atoms with E-state index in [9.17, 15) is 0 Å². The van der Waals surface area contributed by atoms with Crippen molar-refractivity contribution in [2.24, 2.45) is 0 Å². The van der Waals surface area contributed by atoms with Crippen molar-refractivity contribution in [3.05, 3.63) is 30.6 Å². The second-order valence-corrected chi connectivity index (χ2v) is 2.81.